The molecule has 0 bridgehead atoms. The molecule has 2 nitrogen and oxygen atoms in total. The van der Waals surface area contributed by atoms with Crippen molar-refractivity contribution in [2.75, 3.05) is 0 Å². The summed E-state index contributed by atoms with van der Waals surface area (Å²) in [6.07, 6.45) is 1.85. The van der Waals surface area contributed by atoms with Crippen molar-refractivity contribution in [3.8, 4) is 0 Å². The van der Waals surface area contributed by atoms with Crippen molar-refractivity contribution in [3.63, 3.8) is 0 Å². The molecule has 0 N–H and O–H groups in total. The average molecular weight is 293 g/mol. The van der Waals surface area contributed by atoms with Gasteiger partial charge < -0.3 is 0 Å². The Kier molecular flexibility index (Phi) is 2.00. The quantitative estimate of drug-likeness (QED) is 0.683. The molecule has 62 valence electrons. The van der Waals surface area contributed by atoms with E-state index in [1.165, 1.54) is 0 Å². The van der Waals surface area contributed by atoms with Crippen LogP contribution in [0, 0.1) is 3.57 Å². The van der Waals surface area contributed by atoms with E-state index in [1.54, 1.807) is 0 Å². The summed E-state index contributed by atoms with van der Waals surface area (Å²) in [6, 6.07) is 3.86. The van der Waals surface area contributed by atoms with E-state index in [1.807, 2.05) is 30.1 Å². The van der Waals surface area contributed by atoms with Crippen molar-refractivity contribution in [2.45, 2.75) is 0 Å². The van der Waals surface area contributed by atoms with Crippen LogP contribution in [0.15, 0.2) is 18.3 Å². The lowest BCUT2D eigenvalue weighted by Crippen LogP contribution is -1.88. The fourth-order valence-corrected chi connectivity index (χ4v) is 2.32. The van der Waals surface area contributed by atoms with Crippen molar-refractivity contribution < 1.29 is 0 Å². The van der Waals surface area contributed by atoms with Crippen LogP contribution < -0.4 is 0 Å². The Morgan fingerprint density at radius 3 is 3.00 bits per heavy atom. The maximum absolute atomic E-state index is 5.91. The molecule has 1 heterocycles. The molecule has 1 aromatic carbocycles. The topological polar surface area (TPSA) is 17.8 Å². The molecule has 0 fully saturated rings. The van der Waals surface area contributed by atoms with E-state index < -0.39 is 0 Å². The standard InChI is InChI=1S/C8H6ClIN2/c1-12-8-3-5(9)2-7(10)6(8)4-11-12/h2-4H,1H3. The van der Waals surface area contributed by atoms with Gasteiger partial charge in [-0.15, -0.1) is 0 Å². The molecule has 0 atom stereocenters. The zero-order chi connectivity index (χ0) is 8.72. The summed E-state index contributed by atoms with van der Waals surface area (Å²) >= 11 is 8.17. The van der Waals surface area contributed by atoms with Gasteiger partial charge in [-0.05, 0) is 34.7 Å². The van der Waals surface area contributed by atoms with Crippen LogP contribution in [0.3, 0.4) is 0 Å². The van der Waals surface area contributed by atoms with Crippen LogP contribution in [0.2, 0.25) is 5.02 Å². The number of benzene rings is 1. The minimum atomic E-state index is 0.760. The van der Waals surface area contributed by atoms with Crippen LogP contribution in [0.25, 0.3) is 10.9 Å². The third kappa shape index (κ3) is 1.21. The number of nitrogens with zero attached hydrogens (tertiary/aromatic N) is 2. The molecule has 4 heteroatoms. The van der Waals surface area contributed by atoms with Crippen molar-refractivity contribution in [3.05, 3.63) is 26.9 Å². The summed E-state index contributed by atoms with van der Waals surface area (Å²) in [7, 11) is 1.91. The number of halogens is 2. The van der Waals surface area contributed by atoms with Gasteiger partial charge in [0.25, 0.3) is 0 Å². The van der Waals surface area contributed by atoms with Gasteiger partial charge in [-0.1, -0.05) is 11.6 Å². The smallest absolute Gasteiger partial charge is 0.0704 e. The molecular weight excluding hydrogens is 286 g/mol. The first-order valence-corrected chi connectivity index (χ1v) is 4.91. The highest BCUT2D eigenvalue weighted by Crippen LogP contribution is 2.24. The zero-order valence-electron chi connectivity index (χ0n) is 6.38. The molecule has 0 unspecified atom stereocenters. The summed E-state index contributed by atoms with van der Waals surface area (Å²) in [5.74, 6) is 0. The van der Waals surface area contributed by atoms with Gasteiger partial charge in [0.2, 0.25) is 0 Å². The van der Waals surface area contributed by atoms with E-state index in [2.05, 4.69) is 27.7 Å². The molecule has 1 aromatic heterocycles. The van der Waals surface area contributed by atoms with Crippen LogP contribution in [0.1, 0.15) is 0 Å². The highest BCUT2D eigenvalue weighted by molar-refractivity contribution is 14.1. The summed E-state index contributed by atoms with van der Waals surface area (Å²) in [4.78, 5) is 0. The number of hydrogen-bond acceptors (Lipinski definition) is 1. The molecular formula is C8H6ClIN2. The lowest BCUT2D eigenvalue weighted by atomic mass is 10.2. The molecule has 2 rings (SSSR count). The fourth-order valence-electron chi connectivity index (χ4n) is 1.17. The van der Waals surface area contributed by atoms with Crippen LogP contribution in [-0.2, 0) is 7.05 Å². The van der Waals surface area contributed by atoms with Crippen LogP contribution >= 0.6 is 34.2 Å². The Morgan fingerprint density at radius 1 is 1.50 bits per heavy atom. The van der Waals surface area contributed by atoms with Crippen LogP contribution in [0.5, 0.6) is 0 Å². The lowest BCUT2D eigenvalue weighted by Gasteiger charge is -1.97. The van der Waals surface area contributed by atoms with Crippen LogP contribution in [-0.4, -0.2) is 9.78 Å². The second kappa shape index (κ2) is 2.88. The van der Waals surface area contributed by atoms with Gasteiger partial charge >= 0.3 is 0 Å². The molecule has 0 saturated carbocycles. The summed E-state index contributed by atoms with van der Waals surface area (Å²) < 4.78 is 2.96. The van der Waals surface area contributed by atoms with Crippen molar-refractivity contribution >= 4 is 45.1 Å². The summed E-state index contributed by atoms with van der Waals surface area (Å²) in [6.45, 7) is 0. The second-order valence-corrected chi connectivity index (χ2v) is 4.19. The number of aryl methyl sites for hydroxylation is 1. The van der Waals surface area contributed by atoms with E-state index in [0.717, 1.165) is 19.5 Å². The largest absolute Gasteiger partial charge is 0.268 e. The van der Waals surface area contributed by atoms with E-state index in [9.17, 15) is 0 Å². The van der Waals surface area contributed by atoms with Gasteiger partial charge in [-0.3, -0.25) is 4.68 Å². The minimum absolute atomic E-state index is 0.760. The predicted molar refractivity (Wildman–Crippen MR) is 58.4 cm³/mol. The number of hydrogen-bond donors (Lipinski definition) is 0. The molecule has 12 heavy (non-hydrogen) atoms. The van der Waals surface area contributed by atoms with E-state index in [4.69, 9.17) is 11.6 Å². The van der Waals surface area contributed by atoms with Gasteiger partial charge in [0.1, 0.15) is 0 Å². The second-order valence-electron chi connectivity index (χ2n) is 2.59. The zero-order valence-corrected chi connectivity index (χ0v) is 9.30. The average Bonchev–Trinajstić information content (AvgIpc) is 2.33. The minimum Gasteiger partial charge on any atom is -0.268 e. The van der Waals surface area contributed by atoms with E-state index in [-0.39, 0.29) is 0 Å². The number of fused-ring (bicyclic) bond motifs is 1. The first kappa shape index (κ1) is 8.31. The Bertz CT molecular complexity index is 436. The molecule has 0 spiro atoms. The lowest BCUT2D eigenvalue weighted by molar-refractivity contribution is 0.797. The maximum Gasteiger partial charge on any atom is 0.0704 e. The molecule has 2 aromatic rings. The predicted octanol–water partition coefficient (Wildman–Crippen LogP) is 2.83. The normalized spacial score (nSPS) is 10.9. The third-order valence-electron chi connectivity index (χ3n) is 1.78. The highest BCUT2D eigenvalue weighted by atomic mass is 127. The maximum atomic E-state index is 5.91. The summed E-state index contributed by atoms with van der Waals surface area (Å²) in [5.41, 5.74) is 1.08. The molecule has 0 aliphatic rings. The van der Waals surface area contributed by atoms with Crippen LogP contribution in [0.4, 0.5) is 0 Å². The molecule has 0 amide bonds. The number of aromatic nitrogens is 2. The van der Waals surface area contributed by atoms with Crippen molar-refractivity contribution in [1.29, 1.82) is 0 Å². The van der Waals surface area contributed by atoms with Gasteiger partial charge in [-0.25, -0.2) is 0 Å². The fraction of sp³-hybridized carbons (Fsp3) is 0.125. The highest BCUT2D eigenvalue weighted by Gasteiger charge is 2.04. The van der Waals surface area contributed by atoms with E-state index in [0.29, 0.717) is 0 Å². The van der Waals surface area contributed by atoms with Crippen molar-refractivity contribution in [2.24, 2.45) is 7.05 Å². The first-order chi connectivity index (χ1) is 5.68. The van der Waals surface area contributed by atoms with Gasteiger partial charge in [0.15, 0.2) is 0 Å². The summed E-state index contributed by atoms with van der Waals surface area (Å²) in [5, 5.41) is 6.07. The first-order valence-electron chi connectivity index (χ1n) is 3.45. The number of rotatable bonds is 0. The van der Waals surface area contributed by atoms with Gasteiger partial charge in [-0.2, -0.15) is 5.10 Å². The van der Waals surface area contributed by atoms with Gasteiger partial charge in [0, 0.05) is 21.0 Å². The Balaban J connectivity index is 2.92. The monoisotopic (exact) mass is 292 g/mol. The molecule has 0 aliphatic heterocycles. The van der Waals surface area contributed by atoms with Crippen molar-refractivity contribution in [1.82, 2.24) is 9.78 Å². The Hall–Kier alpha value is -0.290. The molecule has 0 radical (unpaired) electrons. The van der Waals surface area contributed by atoms with E-state index >= 15 is 0 Å². The Labute approximate surface area is 88.7 Å². The SMILES string of the molecule is Cn1ncc2c(I)cc(Cl)cc21. The Morgan fingerprint density at radius 2 is 2.25 bits per heavy atom. The van der Waals surface area contributed by atoms with Gasteiger partial charge in [0.05, 0.1) is 11.7 Å². The molecule has 0 aliphatic carbocycles. The molecule has 0 saturated heterocycles. The third-order valence-corrected chi connectivity index (χ3v) is 2.89.